The van der Waals surface area contributed by atoms with Gasteiger partial charge in [-0.15, -0.1) is 5.10 Å². The molecule has 3 aromatic rings. The van der Waals surface area contributed by atoms with Gasteiger partial charge in [-0.2, -0.15) is 0 Å². The van der Waals surface area contributed by atoms with Crippen molar-refractivity contribution < 1.29 is 19.1 Å². The predicted octanol–water partition coefficient (Wildman–Crippen LogP) is 2.69. The van der Waals surface area contributed by atoms with E-state index in [1.54, 1.807) is 25.2 Å². The van der Waals surface area contributed by atoms with Crippen LogP contribution in [-0.4, -0.2) is 55.3 Å². The van der Waals surface area contributed by atoms with Gasteiger partial charge in [0.25, 0.3) is 5.91 Å². The molecule has 0 spiro atoms. The van der Waals surface area contributed by atoms with Crippen molar-refractivity contribution in [1.82, 2.24) is 25.2 Å². The van der Waals surface area contributed by atoms with Crippen LogP contribution in [0, 0.1) is 0 Å². The first kappa shape index (κ1) is 24.9. The van der Waals surface area contributed by atoms with Crippen molar-refractivity contribution in [3.05, 3.63) is 65.6 Å². The highest BCUT2D eigenvalue weighted by Crippen LogP contribution is 2.12. The summed E-state index contributed by atoms with van der Waals surface area (Å²) in [6.07, 6.45) is -1.40. The Hall–Kier alpha value is -3.70. The summed E-state index contributed by atoms with van der Waals surface area (Å²) >= 11 is 0. The van der Waals surface area contributed by atoms with E-state index in [-0.39, 0.29) is 18.8 Å². The first-order valence-electron chi connectivity index (χ1n) is 10.9. The lowest BCUT2D eigenvalue weighted by atomic mass is 10.1. The van der Waals surface area contributed by atoms with Gasteiger partial charge in [-0.05, 0) is 50.3 Å². The normalized spacial score (nSPS) is 11.9. The standard InChI is InChI=1S/C23H29N7O4/c1-15(2)33-23(34-16(3)4)22(31)25-19-13-9-12-18(24-19)14-32-27-20(17-10-7-6-8-11-17)21-26-28-29-30(21)5/h6-13,15-16,23H,14H2,1-5H3,(H,24,25,31). The lowest BCUT2D eigenvalue weighted by molar-refractivity contribution is -0.187. The maximum absolute atomic E-state index is 12.6. The second-order valence-electron chi connectivity index (χ2n) is 7.91. The molecule has 1 amide bonds. The third-order valence-electron chi connectivity index (χ3n) is 4.31. The van der Waals surface area contributed by atoms with Gasteiger partial charge < -0.3 is 19.6 Å². The number of oxime groups is 1. The maximum atomic E-state index is 12.6. The molecule has 0 aliphatic heterocycles. The number of tetrazole rings is 1. The molecular formula is C23H29N7O4. The number of amides is 1. The molecule has 0 fully saturated rings. The number of nitrogens with zero attached hydrogens (tertiary/aromatic N) is 6. The number of rotatable bonds is 11. The summed E-state index contributed by atoms with van der Waals surface area (Å²) in [6, 6.07) is 14.7. The monoisotopic (exact) mass is 467 g/mol. The molecular weight excluding hydrogens is 438 g/mol. The number of aromatic nitrogens is 5. The highest BCUT2D eigenvalue weighted by molar-refractivity contribution is 6.10. The minimum absolute atomic E-state index is 0.0692. The van der Waals surface area contributed by atoms with Gasteiger partial charge >= 0.3 is 0 Å². The van der Waals surface area contributed by atoms with Gasteiger partial charge in [-0.3, -0.25) is 4.79 Å². The molecule has 2 heterocycles. The molecule has 0 radical (unpaired) electrons. The Labute approximate surface area is 198 Å². The average molecular weight is 468 g/mol. The third kappa shape index (κ3) is 7.15. The van der Waals surface area contributed by atoms with Crippen LogP contribution in [0.5, 0.6) is 0 Å². The van der Waals surface area contributed by atoms with E-state index in [0.717, 1.165) is 5.56 Å². The van der Waals surface area contributed by atoms with E-state index < -0.39 is 12.2 Å². The van der Waals surface area contributed by atoms with Crippen LogP contribution in [0.25, 0.3) is 0 Å². The molecule has 180 valence electrons. The molecule has 1 N–H and O–H groups in total. The number of anilines is 1. The van der Waals surface area contributed by atoms with E-state index in [4.69, 9.17) is 14.3 Å². The molecule has 11 heteroatoms. The molecule has 0 aliphatic rings. The van der Waals surface area contributed by atoms with Crippen LogP contribution in [0.2, 0.25) is 0 Å². The highest BCUT2D eigenvalue weighted by Gasteiger charge is 2.23. The smallest absolute Gasteiger partial charge is 0.282 e. The molecule has 0 atom stereocenters. The molecule has 0 bridgehead atoms. The molecule has 0 unspecified atom stereocenters. The predicted molar refractivity (Wildman–Crippen MR) is 125 cm³/mol. The minimum Gasteiger partial charge on any atom is -0.389 e. The highest BCUT2D eigenvalue weighted by atomic mass is 16.7. The number of carbonyl (C=O) groups excluding carboxylic acids is 1. The van der Waals surface area contributed by atoms with Crippen molar-refractivity contribution in [1.29, 1.82) is 0 Å². The third-order valence-corrected chi connectivity index (χ3v) is 4.31. The van der Waals surface area contributed by atoms with Crippen molar-refractivity contribution in [2.45, 2.75) is 52.8 Å². The van der Waals surface area contributed by atoms with Gasteiger partial charge in [-0.1, -0.05) is 41.6 Å². The number of hydrogen-bond donors (Lipinski definition) is 1. The van der Waals surface area contributed by atoms with Crippen molar-refractivity contribution >= 4 is 17.4 Å². The van der Waals surface area contributed by atoms with E-state index >= 15 is 0 Å². The molecule has 2 aromatic heterocycles. The zero-order chi connectivity index (χ0) is 24.5. The van der Waals surface area contributed by atoms with Gasteiger partial charge in [0, 0.05) is 12.6 Å². The van der Waals surface area contributed by atoms with Crippen LogP contribution in [-0.2, 0) is 32.8 Å². The van der Waals surface area contributed by atoms with Crippen molar-refractivity contribution in [2.24, 2.45) is 12.2 Å². The maximum Gasteiger partial charge on any atom is 0.282 e. The average Bonchev–Trinajstić information content (AvgIpc) is 3.22. The molecule has 0 aliphatic carbocycles. The van der Waals surface area contributed by atoms with E-state index in [0.29, 0.717) is 23.0 Å². The molecule has 0 saturated heterocycles. The largest absolute Gasteiger partial charge is 0.389 e. The Morgan fingerprint density at radius 2 is 1.74 bits per heavy atom. The lowest BCUT2D eigenvalue weighted by Gasteiger charge is -2.22. The van der Waals surface area contributed by atoms with E-state index in [1.807, 2.05) is 58.0 Å². The van der Waals surface area contributed by atoms with Crippen molar-refractivity contribution in [3.8, 4) is 0 Å². The topological polar surface area (TPSA) is 126 Å². The van der Waals surface area contributed by atoms with Crippen LogP contribution in [0.1, 0.15) is 44.8 Å². The summed E-state index contributed by atoms with van der Waals surface area (Å²) in [5.74, 6) is 0.370. The van der Waals surface area contributed by atoms with Crippen molar-refractivity contribution in [3.63, 3.8) is 0 Å². The van der Waals surface area contributed by atoms with E-state index in [2.05, 4.69) is 31.0 Å². The summed E-state index contributed by atoms with van der Waals surface area (Å²) in [6.45, 7) is 7.41. The fourth-order valence-electron chi connectivity index (χ4n) is 2.88. The minimum atomic E-state index is -1.04. The van der Waals surface area contributed by atoms with E-state index in [1.165, 1.54) is 4.68 Å². The fourth-order valence-corrected chi connectivity index (χ4v) is 2.88. The Morgan fingerprint density at radius 3 is 2.35 bits per heavy atom. The summed E-state index contributed by atoms with van der Waals surface area (Å²) in [5, 5.41) is 18.6. The second kappa shape index (κ2) is 12.0. The van der Waals surface area contributed by atoms with Crippen LogP contribution in [0.15, 0.2) is 53.7 Å². The number of hydrogen-bond acceptors (Lipinski definition) is 9. The van der Waals surface area contributed by atoms with Gasteiger partial charge in [-0.25, -0.2) is 9.67 Å². The lowest BCUT2D eigenvalue weighted by Crippen LogP contribution is -2.36. The fraction of sp³-hybridized carbons (Fsp3) is 0.391. The van der Waals surface area contributed by atoms with Crippen LogP contribution < -0.4 is 5.32 Å². The van der Waals surface area contributed by atoms with E-state index in [9.17, 15) is 4.79 Å². The van der Waals surface area contributed by atoms with Gasteiger partial charge in [0.2, 0.25) is 12.1 Å². The Balaban J connectivity index is 1.70. The van der Waals surface area contributed by atoms with Gasteiger partial charge in [0.1, 0.15) is 5.82 Å². The molecule has 11 nitrogen and oxygen atoms in total. The second-order valence-corrected chi connectivity index (χ2v) is 7.91. The van der Waals surface area contributed by atoms with Crippen LogP contribution >= 0.6 is 0 Å². The number of benzene rings is 1. The van der Waals surface area contributed by atoms with Gasteiger partial charge in [0.15, 0.2) is 12.3 Å². The molecule has 1 aromatic carbocycles. The molecule has 3 rings (SSSR count). The first-order valence-corrected chi connectivity index (χ1v) is 10.9. The number of ether oxygens (including phenoxy) is 2. The van der Waals surface area contributed by atoms with Crippen LogP contribution in [0.3, 0.4) is 0 Å². The quantitative estimate of drug-likeness (QED) is 0.259. The number of aryl methyl sites for hydroxylation is 1. The zero-order valence-electron chi connectivity index (χ0n) is 19.9. The summed E-state index contributed by atoms with van der Waals surface area (Å²) in [4.78, 5) is 22.6. The number of pyridine rings is 1. The van der Waals surface area contributed by atoms with Crippen molar-refractivity contribution in [2.75, 3.05) is 5.32 Å². The summed E-state index contributed by atoms with van der Waals surface area (Å²) in [5.41, 5.74) is 1.85. The molecule has 0 saturated carbocycles. The summed E-state index contributed by atoms with van der Waals surface area (Å²) < 4.78 is 12.7. The Bertz CT molecular complexity index is 1090. The Morgan fingerprint density at radius 1 is 1.03 bits per heavy atom. The number of carbonyl (C=O) groups is 1. The Kier molecular flexibility index (Phi) is 8.77. The zero-order valence-corrected chi connectivity index (χ0v) is 19.9. The SMILES string of the molecule is CC(C)OC(OC(C)C)C(=O)Nc1cccc(CON=C(c2ccccc2)c2nnnn2C)n1. The van der Waals surface area contributed by atoms with Gasteiger partial charge in [0.05, 0.1) is 17.9 Å². The first-order chi connectivity index (χ1) is 16.3. The molecule has 34 heavy (non-hydrogen) atoms. The number of nitrogens with one attached hydrogen (secondary N) is 1. The summed E-state index contributed by atoms with van der Waals surface area (Å²) in [7, 11) is 1.72. The van der Waals surface area contributed by atoms with Crippen LogP contribution in [0.4, 0.5) is 5.82 Å².